The average Bonchev–Trinajstić information content (AvgIpc) is 2.67. The topological polar surface area (TPSA) is 38.1 Å². The summed E-state index contributed by atoms with van der Waals surface area (Å²) in [5.74, 6) is 0.886. The predicted octanol–water partition coefficient (Wildman–Crippen LogP) is 4.08. The van der Waals surface area contributed by atoms with Crippen molar-refractivity contribution in [3.8, 4) is 0 Å². The van der Waals surface area contributed by atoms with Crippen LogP contribution in [-0.4, -0.2) is 5.16 Å². The number of benzene rings is 1. The first-order valence-corrected chi connectivity index (χ1v) is 7.12. The number of hydrogen-bond acceptors (Lipinski definition) is 3. The monoisotopic (exact) mass is 322 g/mol. The van der Waals surface area contributed by atoms with Crippen LogP contribution in [0, 0.1) is 13.8 Å². The molecule has 0 spiro atoms. The van der Waals surface area contributed by atoms with Crippen molar-refractivity contribution in [2.75, 3.05) is 0 Å². The molecule has 2 aromatic rings. The summed E-state index contributed by atoms with van der Waals surface area (Å²) in [6.07, 6.45) is 0. The third-order valence-corrected chi connectivity index (χ3v) is 3.98. The molecule has 0 bridgehead atoms. The van der Waals surface area contributed by atoms with E-state index in [0.717, 1.165) is 28.0 Å². The van der Waals surface area contributed by atoms with Gasteiger partial charge in [-0.25, -0.2) is 0 Å². The molecule has 0 aliphatic heterocycles. The van der Waals surface area contributed by atoms with Crippen LogP contribution < -0.4 is 5.32 Å². The van der Waals surface area contributed by atoms with E-state index in [0.29, 0.717) is 0 Å². The highest BCUT2D eigenvalue weighted by molar-refractivity contribution is 9.10. The summed E-state index contributed by atoms with van der Waals surface area (Å²) in [6.45, 7) is 9.02. The van der Waals surface area contributed by atoms with Gasteiger partial charge in [0.2, 0.25) is 0 Å². The smallest absolute Gasteiger partial charge is 0.138 e. The first kappa shape index (κ1) is 14.3. The molecule has 2 rings (SSSR count). The molecule has 0 aliphatic carbocycles. The van der Waals surface area contributed by atoms with Crippen LogP contribution in [0.2, 0.25) is 0 Å². The van der Waals surface area contributed by atoms with Crippen LogP contribution in [-0.2, 0) is 12.1 Å². The van der Waals surface area contributed by atoms with Crippen molar-refractivity contribution < 1.29 is 4.52 Å². The number of rotatable bonds is 4. The molecule has 102 valence electrons. The molecule has 0 saturated heterocycles. The van der Waals surface area contributed by atoms with Crippen molar-refractivity contribution in [1.82, 2.24) is 10.5 Å². The fourth-order valence-electron chi connectivity index (χ4n) is 2.03. The van der Waals surface area contributed by atoms with Crippen molar-refractivity contribution in [3.05, 3.63) is 51.3 Å². The maximum atomic E-state index is 5.19. The normalized spacial score (nSPS) is 11.8. The lowest BCUT2D eigenvalue weighted by atomic mass is 9.94. The molecule has 1 aromatic carbocycles. The maximum absolute atomic E-state index is 5.19. The molecule has 0 aliphatic rings. The van der Waals surface area contributed by atoms with Crippen molar-refractivity contribution in [1.29, 1.82) is 0 Å². The van der Waals surface area contributed by atoms with Crippen LogP contribution in [0.15, 0.2) is 33.3 Å². The standard InChI is InChI=1S/C15H19BrN2O/c1-10-14(11(2)19-18-10)9-17-15(3,4)12-5-7-13(16)8-6-12/h5-8,17H,9H2,1-4H3. The molecule has 0 radical (unpaired) electrons. The summed E-state index contributed by atoms with van der Waals surface area (Å²) in [7, 11) is 0. The molecule has 0 atom stereocenters. The van der Waals surface area contributed by atoms with Crippen LogP contribution in [0.4, 0.5) is 0 Å². The maximum Gasteiger partial charge on any atom is 0.138 e. The Morgan fingerprint density at radius 3 is 2.37 bits per heavy atom. The zero-order valence-electron chi connectivity index (χ0n) is 11.7. The van der Waals surface area contributed by atoms with Crippen LogP contribution in [0.25, 0.3) is 0 Å². The van der Waals surface area contributed by atoms with Crippen molar-refractivity contribution >= 4 is 15.9 Å². The molecule has 1 aromatic heterocycles. The summed E-state index contributed by atoms with van der Waals surface area (Å²) in [6, 6.07) is 8.39. The van der Waals surface area contributed by atoms with Gasteiger partial charge in [-0.1, -0.05) is 33.2 Å². The predicted molar refractivity (Wildman–Crippen MR) is 80.0 cm³/mol. The summed E-state index contributed by atoms with van der Waals surface area (Å²) >= 11 is 3.46. The van der Waals surface area contributed by atoms with Crippen molar-refractivity contribution in [2.24, 2.45) is 0 Å². The molecule has 0 unspecified atom stereocenters. The van der Waals surface area contributed by atoms with E-state index in [1.807, 2.05) is 13.8 Å². The zero-order valence-corrected chi connectivity index (χ0v) is 13.3. The molecule has 19 heavy (non-hydrogen) atoms. The Kier molecular flexibility index (Phi) is 4.11. The number of halogens is 1. The summed E-state index contributed by atoms with van der Waals surface area (Å²) in [4.78, 5) is 0. The van der Waals surface area contributed by atoms with E-state index < -0.39 is 0 Å². The Labute approximate surface area is 122 Å². The fourth-order valence-corrected chi connectivity index (χ4v) is 2.30. The van der Waals surface area contributed by atoms with Gasteiger partial charge >= 0.3 is 0 Å². The van der Waals surface area contributed by atoms with Gasteiger partial charge in [0.1, 0.15) is 5.76 Å². The first-order valence-electron chi connectivity index (χ1n) is 6.33. The van der Waals surface area contributed by atoms with E-state index in [9.17, 15) is 0 Å². The number of aryl methyl sites for hydroxylation is 2. The highest BCUT2D eigenvalue weighted by Gasteiger charge is 2.21. The molecule has 0 fully saturated rings. The molecule has 4 heteroatoms. The Morgan fingerprint density at radius 2 is 1.84 bits per heavy atom. The highest BCUT2D eigenvalue weighted by Crippen LogP contribution is 2.23. The van der Waals surface area contributed by atoms with E-state index in [2.05, 4.69) is 64.5 Å². The molecule has 0 amide bonds. The summed E-state index contributed by atoms with van der Waals surface area (Å²) in [5, 5.41) is 7.54. The fraction of sp³-hybridized carbons (Fsp3) is 0.400. The molecule has 0 saturated carbocycles. The molecular weight excluding hydrogens is 304 g/mol. The lowest BCUT2D eigenvalue weighted by Crippen LogP contribution is -2.36. The molecule has 3 nitrogen and oxygen atoms in total. The molecule has 1 heterocycles. The Morgan fingerprint density at radius 1 is 1.21 bits per heavy atom. The minimum Gasteiger partial charge on any atom is -0.361 e. The number of nitrogens with one attached hydrogen (secondary N) is 1. The van der Waals surface area contributed by atoms with Gasteiger partial charge in [-0.15, -0.1) is 0 Å². The van der Waals surface area contributed by atoms with Gasteiger partial charge < -0.3 is 9.84 Å². The lowest BCUT2D eigenvalue weighted by Gasteiger charge is -2.27. The first-order chi connectivity index (χ1) is 8.90. The second-order valence-electron chi connectivity index (χ2n) is 5.29. The third kappa shape index (κ3) is 3.25. The minimum absolute atomic E-state index is 0.100. The third-order valence-electron chi connectivity index (χ3n) is 3.45. The lowest BCUT2D eigenvalue weighted by molar-refractivity contribution is 0.384. The van der Waals surface area contributed by atoms with Gasteiger partial charge in [0.15, 0.2) is 0 Å². The van der Waals surface area contributed by atoms with Gasteiger partial charge in [-0.2, -0.15) is 0 Å². The Balaban J connectivity index is 2.11. The van der Waals surface area contributed by atoms with Gasteiger partial charge in [-0.05, 0) is 45.4 Å². The van der Waals surface area contributed by atoms with Gasteiger partial charge in [-0.3, -0.25) is 0 Å². The average molecular weight is 323 g/mol. The second-order valence-corrected chi connectivity index (χ2v) is 6.20. The minimum atomic E-state index is -0.100. The van der Waals surface area contributed by atoms with Crippen molar-refractivity contribution in [2.45, 2.75) is 39.8 Å². The summed E-state index contributed by atoms with van der Waals surface area (Å²) in [5.41, 5.74) is 3.25. The largest absolute Gasteiger partial charge is 0.361 e. The van der Waals surface area contributed by atoms with E-state index >= 15 is 0 Å². The highest BCUT2D eigenvalue weighted by atomic mass is 79.9. The number of hydrogen-bond donors (Lipinski definition) is 1. The van der Waals surface area contributed by atoms with Crippen molar-refractivity contribution in [3.63, 3.8) is 0 Å². The Bertz CT molecular complexity index is 539. The van der Waals surface area contributed by atoms with Gasteiger partial charge in [0.25, 0.3) is 0 Å². The second kappa shape index (κ2) is 5.47. The van der Waals surface area contributed by atoms with E-state index in [1.165, 1.54) is 5.56 Å². The van der Waals surface area contributed by atoms with E-state index in [1.54, 1.807) is 0 Å². The van der Waals surface area contributed by atoms with Crippen LogP contribution in [0.5, 0.6) is 0 Å². The van der Waals surface area contributed by atoms with Crippen LogP contribution >= 0.6 is 15.9 Å². The molecule has 1 N–H and O–H groups in total. The SMILES string of the molecule is Cc1noc(C)c1CNC(C)(C)c1ccc(Br)cc1. The van der Waals surface area contributed by atoms with Gasteiger partial charge in [0, 0.05) is 22.1 Å². The summed E-state index contributed by atoms with van der Waals surface area (Å²) < 4.78 is 6.28. The number of nitrogens with zero attached hydrogens (tertiary/aromatic N) is 1. The number of aromatic nitrogens is 1. The molecular formula is C15H19BrN2O. The van der Waals surface area contributed by atoms with Crippen LogP contribution in [0.3, 0.4) is 0 Å². The quantitative estimate of drug-likeness (QED) is 0.921. The van der Waals surface area contributed by atoms with E-state index in [-0.39, 0.29) is 5.54 Å². The van der Waals surface area contributed by atoms with Gasteiger partial charge in [0.05, 0.1) is 5.69 Å². The van der Waals surface area contributed by atoms with E-state index in [4.69, 9.17) is 4.52 Å². The van der Waals surface area contributed by atoms with Crippen LogP contribution in [0.1, 0.15) is 36.4 Å². The zero-order chi connectivity index (χ0) is 14.0. The Hall–Kier alpha value is -1.13.